The summed E-state index contributed by atoms with van der Waals surface area (Å²) >= 11 is -0.352. The molecule has 0 saturated heterocycles. The van der Waals surface area contributed by atoms with E-state index < -0.39 is 0 Å². The van der Waals surface area contributed by atoms with Crippen molar-refractivity contribution in [3.05, 3.63) is 94.1 Å². The molecule has 3 rings (SSSR count). The average molecular weight is 387 g/mol. The summed E-state index contributed by atoms with van der Waals surface area (Å²) in [7, 11) is 0. The molecule has 0 radical (unpaired) electrons. The summed E-state index contributed by atoms with van der Waals surface area (Å²) in [5, 5.41) is 0. The summed E-state index contributed by atoms with van der Waals surface area (Å²) in [6.07, 6.45) is 0. The van der Waals surface area contributed by atoms with Gasteiger partial charge in [-0.05, 0) is 28.8 Å². The summed E-state index contributed by atoms with van der Waals surface area (Å²) in [5.74, 6) is 0. The fraction of sp³-hybridized carbons (Fsp3) is 0.0526. The van der Waals surface area contributed by atoms with Crippen LogP contribution < -0.4 is 21.6 Å². The molecule has 0 aliphatic heterocycles. The maximum Gasteiger partial charge on any atom is 0.522 e. The van der Waals surface area contributed by atoms with E-state index in [4.69, 9.17) is 3.07 Å². The van der Waals surface area contributed by atoms with Crippen LogP contribution in [-0.4, -0.2) is 0 Å². The van der Waals surface area contributed by atoms with Crippen LogP contribution in [-0.2, 0) is 9.67 Å². The van der Waals surface area contributed by atoms with Crippen LogP contribution in [0.25, 0.3) is 11.1 Å². The van der Waals surface area contributed by atoms with Crippen molar-refractivity contribution in [2.24, 2.45) is 0 Å². The molecule has 0 aliphatic carbocycles. The van der Waals surface area contributed by atoms with Crippen LogP contribution >= 0.6 is 0 Å². The van der Waals surface area contributed by atoms with Crippen molar-refractivity contribution in [3.63, 3.8) is 0 Å². The molecular weight excluding hydrogens is 371 g/mol. The van der Waals surface area contributed by atoms with Crippen molar-refractivity contribution in [1.82, 2.24) is 0 Å². The van der Waals surface area contributed by atoms with Gasteiger partial charge in [-0.1, -0.05) is 72.8 Å². The third-order valence-corrected chi connectivity index (χ3v) is 5.01. The van der Waals surface area contributed by atoms with Crippen molar-refractivity contribution in [3.8, 4) is 11.1 Å². The zero-order valence-electron chi connectivity index (χ0n) is 11.6. The monoisotopic (exact) mass is 387 g/mol. The molecule has 0 N–H and O–H groups in total. The molecule has 3 aromatic carbocycles. The van der Waals surface area contributed by atoms with Gasteiger partial charge in [-0.2, -0.15) is 0 Å². The van der Waals surface area contributed by atoms with Gasteiger partial charge in [0, 0.05) is 0 Å². The zero-order valence-corrected chi connectivity index (χ0v) is 13.7. The normalized spacial score (nSPS) is 10.5. The van der Waals surface area contributed by atoms with Gasteiger partial charge in [0.2, 0.25) is 3.57 Å². The number of hydrogen-bond donors (Lipinski definition) is 0. The highest BCUT2D eigenvalue weighted by Gasteiger charge is 2.13. The van der Waals surface area contributed by atoms with Gasteiger partial charge in [-0.25, -0.2) is 0 Å². The molecule has 21 heavy (non-hydrogen) atoms. The number of rotatable bonds is 5. The smallest absolute Gasteiger partial charge is 0.137 e. The molecule has 0 saturated carbocycles. The highest BCUT2D eigenvalue weighted by Crippen LogP contribution is 2.19. The Bertz CT molecular complexity index is 663. The molecule has 0 heterocycles. The van der Waals surface area contributed by atoms with Gasteiger partial charge in [0.25, 0.3) is 0 Å². The lowest BCUT2D eigenvalue weighted by molar-refractivity contribution is -0.881. The number of hydrogen-bond acceptors (Lipinski definition) is 1. The summed E-state index contributed by atoms with van der Waals surface area (Å²) in [4.78, 5) is 0. The molecule has 0 bridgehead atoms. The molecule has 0 atom stereocenters. The molecule has 1 nitrogen and oxygen atoms in total. The molecule has 104 valence electrons. The molecule has 3 aromatic rings. The van der Waals surface area contributed by atoms with E-state index in [1.165, 1.54) is 20.3 Å². The minimum atomic E-state index is -0.352. The van der Waals surface area contributed by atoms with Crippen molar-refractivity contribution in [1.29, 1.82) is 0 Å². The maximum absolute atomic E-state index is 5.86. The van der Waals surface area contributed by atoms with Crippen LogP contribution in [0.1, 0.15) is 5.56 Å². The van der Waals surface area contributed by atoms with Crippen LogP contribution in [0.3, 0.4) is 0 Å². The molecule has 0 aromatic heterocycles. The van der Waals surface area contributed by atoms with Crippen LogP contribution in [0.2, 0.25) is 0 Å². The Kier molecular flexibility index (Phi) is 5.03. The van der Waals surface area contributed by atoms with Gasteiger partial charge >= 0.3 is 21.6 Å². The van der Waals surface area contributed by atoms with E-state index in [0.29, 0.717) is 6.61 Å². The van der Waals surface area contributed by atoms with Crippen molar-refractivity contribution in [2.45, 2.75) is 6.61 Å². The third-order valence-electron chi connectivity index (χ3n) is 3.16. The topological polar surface area (TPSA) is 9.23 Å². The Hall–Kier alpha value is -1.65. The van der Waals surface area contributed by atoms with E-state index in [-0.39, 0.29) is 21.6 Å². The highest BCUT2D eigenvalue weighted by molar-refractivity contribution is 5.63. The van der Waals surface area contributed by atoms with E-state index >= 15 is 0 Å². The van der Waals surface area contributed by atoms with E-state index in [1.54, 1.807) is 0 Å². The Labute approximate surface area is 136 Å². The highest BCUT2D eigenvalue weighted by atomic mass is 127. The first-order valence-corrected chi connectivity index (χ1v) is 8.84. The lowest BCUT2D eigenvalue weighted by Crippen LogP contribution is -3.61. The molecule has 0 aliphatic rings. The first-order valence-electron chi connectivity index (χ1n) is 6.88. The SMILES string of the molecule is c1ccc([I+]OCc2ccc(-c3ccccc3)cc2)cc1. The van der Waals surface area contributed by atoms with Gasteiger partial charge in [-0.3, -0.25) is 0 Å². The summed E-state index contributed by atoms with van der Waals surface area (Å²) in [6, 6.07) is 29.5. The number of benzene rings is 3. The first-order chi connectivity index (χ1) is 10.4. The number of halogens is 1. The Balaban J connectivity index is 1.58. The second kappa shape index (κ2) is 7.38. The van der Waals surface area contributed by atoms with Gasteiger partial charge in [-0.15, -0.1) is 3.07 Å². The van der Waals surface area contributed by atoms with E-state index in [2.05, 4.69) is 72.8 Å². The van der Waals surface area contributed by atoms with Gasteiger partial charge in [0.1, 0.15) is 6.61 Å². The van der Waals surface area contributed by atoms with Gasteiger partial charge < -0.3 is 0 Å². The van der Waals surface area contributed by atoms with E-state index in [1.807, 2.05) is 12.1 Å². The molecule has 2 heteroatoms. The second-order valence-corrected chi connectivity index (χ2v) is 7.00. The maximum atomic E-state index is 5.86. The zero-order chi connectivity index (χ0) is 14.3. The Morgan fingerprint density at radius 2 is 1.19 bits per heavy atom. The van der Waals surface area contributed by atoms with Crippen molar-refractivity contribution >= 4 is 0 Å². The largest absolute Gasteiger partial charge is 0.522 e. The minimum absolute atomic E-state index is 0.352. The molecule has 0 fully saturated rings. The molecular formula is C19H16IO+. The van der Waals surface area contributed by atoms with Crippen LogP contribution in [0.15, 0.2) is 84.9 Å². The first kappa shape index (κ1) is 14.3. The Morgan fingerprint density at radius 1 is 0.619 bits per heavy atom. The predicted octanol–water partition coefficient (Wildman–Crippen LogP) is 1.74. The lowest BCUT2D eigenvalue weighted by Gasteiger charge is -2.02. The summed E-state index contributed by atoms with van der Waals surface area (Å²) in [6.45, 7) is 0.692. The van der Waals surface area contributed by atoms with E-state index in [0.717, 1.165) is 0 Å². The Morgan fingerprint density at radius 3 is 1.86 bits per heavy atom. The molecule has 0 spiro atoms. The fourth-order valence-corrected chi connectivity index (χ4v) is 3.63. The quantitative estimate of drug-likeness (QED) is 0.607. The standard InChI is InChI=1S/C19H16IO/c1-3-7-17(8-4-1)18-13-11-16(12-14-18)15-21-20-19-9-5-2-6-10-19/h1-14H,15H2/q+1. The van der Waals surface area contributed by atoms with Crippen molar-refractivity contribution < 1.29 is 24.7 Å². The van der Waals surface area contributed by atoms with Gasteiger partial charge in [0.15, 0.2) is 0 Å². The summed E-state index contributed by atoms with van der Waals surface area (Å²) in [5.41, 5.74) is 3.73. The molecule has 0 amide bonds. The third kappa shape index (κ3) is 4.16. The average Bonchev–Trinajstić information content (AvgIpc) is 2.57. The molecule has 0 unspecified atom stereocenters. The second-order valence-electron chi connectivity index (χ2n) is 4.69. The van der Waals surface area contributed by atoms with Crippen LogP contribution in [0, 0.1) is 3.57 Å². The van der Waals surface area contributed by atoms with E-state index in [9.17, 15) is 0 Å². The predicted molar refractivity (Wildman–Crippen MR) is 81.8 cm³/mol. The van der Waals surface area contributed by atoms with Crippen molar-refractivity contribution in [2.75, 3.05) is 0 Å². The van der Waals surface area contributed by atoms with Crippen LogP contribution in [0.4, 0.5) is 0 Å². The lowest BCUT2D eigenvalue weighted by atomic mass is 10.0. The minimum Gasteiger partial charge on any atom is -0.137 e. The summed E-state index contributed by atoms with van der Waals surface area (Å²) < 4.78 is 7.18. The fourth-order valence-electron chi connectivity index (χ4n) is 2.04. The van der Waals surface area contributed by atoms with Gasteiger partial charge in [0.05, 0.1) is 0 Å². The van der Waals surface area contributed by atoms with Crippen LogP contribution in [0.5, 0.6) is 0 Å².